The summed E-state index contributed by atoms with van der Waals surface area (Å²) >= 11 is 0. The number of hydrogen-bond donors (Lipinski definition) is 2. The third kappa shape index (κ3) is 5.48. The third-order valence-electron chi connectivity index (χ3n) is 4.04. The van der Waals surface area contributed by atoms with Gasteiger partial charge in [-0.3, -0.25) is 9.59 Å². The Morgan fingerprint density at radius 2 is 1.96 bits per heavy atom. The highest BCUT2D eigenvalue weighted by atomic mass is 19.1. The number of carbonyl (C=O) groups excluding carboxylic acids is 1. The van der Waals surface area contributed by atoms with Crippen LogP contribution in [0.3, 0.4) is 0 Å². The van der Waals surface area contributed by atoms with Crippen molar-refractivity contribution in [1.29, 1.82) is 5.26 Å². The van der Waals surface area contributed by atoms with Crippen LogP contribution in [0, 0.1) is 17.1 Å². The van der Waals surface area contributed by atoms with Crippen molar-refractivity contribution in [1.82, 2.24) is 10.2 Å². The number of piperazine rings is 1. The smallest absolute Gasteiger partial charge is 0.303 e. The molecule has 0 radical (unpaired) electrons. The van der Waals surface area contributed by atoms with E-state index in [9.17, 15) is 19.2 Å². The number of halogens is 1. The van der Waals surface area contributed by atoms with Crippen LogP contribution in [0.5, 0.6) is 0 Å². The number of amides is 1. The van der Waals surface area contributed by atoms with E-state index >= 15 is 0 Å². The lowest BCUT2D eigenvalue weighted by atomic mass is 10.2. The molecular weight excluding hydrogens is 339 g/mol. The first-order valence-electron chi connectivity index (χ1n) is 8.36. The minimum Gasteiger partial charge on any atom is -0.481 e. The summed E-state index contributed by atoms with van der Waals surface area (Å²) in [5.41, 5.74) is 0.521. The number of benzene rings is 1. The lowest BCUT2D eigenvalue weighted by molar-refractivity contribution is -0.137. The maximum absolute atomic E-state index is 13.8. The van der Waals surface area contributed by atoms with Gasteiger partial charge in [-0.05, 0) is 18.6 Å². The summed E-state index contributed by atoms with van der Waals surface area (Å²) in [6, 6.07) is 8.45. The van der Waals surface area contributed by atoms with E-state index in [2.05, 4.69) is 5.32 Å². The highest BCUT2D eigenvalue weighted by Crippen LogP contribution is 2.20. The van der Waals surface area contributed by atoms with E-state index in [4.69, 9.17) is 5.11 Å². The fourth-order valence-electron chi connectivity index (χ4n) is 2.66. The predicted molar refractivity (Wildman–Crippen MR) is 93.8 cm³/mol. The molecule has 0 spiro atoms. The SMILES string of the molecule is N#C/C(=C/N1CCN(c2ccccc2F)CC1)C(=O)NCCCC(=O)O. The number of nitrogens with one attached hydrogen (secondary N) is 1. The lowest BCUT2D eigenvalue weighted by Gasteiger charge is -2.35. The first kappa shape index (κ1) is 19.2. The largest absolute Gasteiger partial charge is 0.481 e. The average Bonchev–Trinajstić information content (AvgIpc) is 2.64. The highest BCUT2D eigenvalue weighted by Gasteiger charge is 2.19. The van der Waals surface area contributed by atoms with Gasteiger partial charge in [0.1, 0.15) is 17.5 Å². The zero-order valence-corrected chi connectivity index (χ0v) is 14.3. The van der Waals surface area contributed by atoms with Crippen LogP contribution in [0.25, 0.3) is 0 Å². The summed E-state index contributed by atoms with van der Waals surface area (Å²) in [4.78, 5) is 26.2. The van der Waals surface area contributed by atoms with Crippen molar-refractivity contribution >= 4 is 17.6 Å². The number of nitriles is 1. The standard InChI is InChI=1S/C18H21FN4O3/c19-15-4-1-2-5-16(15)23-10-8-22(9-11-23)13-14(12-20)18(26)21-7-3-6-17(24)25/h1-2,4-5,13H,3,6-11H2,(H,21,26)(H,24,25)/b14-13-. The molecule has 7 nitrogen and oxygen atoms in total. The van der Waals surface area contributed by atoms with E-state index in [1.807, 2.05) is 15.9 Å². The Bertz CT molecular complexity index is 721. The van der Waals surface area contributed by atoms with Crippen molar-refractivity contribution in [2.24, 2.45) is 0 Å². The maximum Gasteiger partial charge on any atom is 0.303 e. The molecule has 1 aromatic rings. The molecule has 1 aromatic carbocycles. The monoisotopic (exact) mass is 360 g/mol. The number of hydrogen-bond acceptors (Lipinski definition) is 5. The van der Waals surface area contributed by atoms with Gasteiger partial charge in [0.05, 0.1) is 5.69 Å². The maximum atomic E-state index is 13.8. The van der Waals surface area contributed by atoms with Gasteiger partial charge in [0.25, 0.3) is 5.91 Å². The van der Waals surface area contributed by atoms with Crippen molar-refractivity contribution in [2.45, 2.75) is 12.8 Å². The fourth-order valence-corrected chi connectivity index (χ4v) is 2.66. The third-order valence-corrected chi connectivity index (χ3v) is 4.04. The molecule has 8 heteroatoms. The van der Waals surface area contributed by atoms with E-state index in [1.54, 1.807) is 18.2 Å². The number of para-hydroxylation sites is 1. The van der Waals surface area contributed by atoms with Gasteiger partial charge in [-0.25, -0.2) is 4.39 Å². The lowest BCUT2D eigenvalue weighted by Crippen LogP contribution is -2.44. The molecule has 1 saturated heterocycles. The molecule has 2 rings (SSSR count). The van der Waals surface area contributed by atoms with Crippen LogP contribution in [0.2, 0.25) is 0 Å². The quantitative estimate of drug-likeness (QED) is 0.433. The molecule has 1 aliphatic rings. The van der Waals surface area contributed by atoms with Gasteiger partial charge in [-0.2, -0.15) is 5.26 Å². The molecule has 2 N–H and O–H groups in total. The summed E-state index contributed by atoms with van der Waals surface area (Å²) < 4.78 is 13.8. The highest BCUT2D eigenvalue weighted by molar-refractivity contribution is 5.97. The Morgan fingerprint density at radius 3 is 2.58 bits per heavy atom. The second-order valence-corrected chi connectivity index (χ2v) is 5.88. The van der Waals surface area contributed by atoms with Gasteiger partial charge in [-0.15, -0.1) is 0 Å². The normalized spacial score (nSPS) is 14.7. The summed E-state index contributed by atoms with van der Waals surface area (Å²) in [7, 11) is 0. The topological polar surface area (TPSA) is 96.7 Å². The molecule has 0 bridgehead atoms. The molecule has 138 valence electrons. The Morgan fingerprint density at radius 1 is 1.27 bits per heavy atom. The summed E-state index contributed by atoms with van der Waals surface area (Å²) in [6.45, 7) is 2.48. The minimum atomic E-state index is -0.928. The van der Waals surface area contributed by atoms with Crippen LogP contribution >= 0.6 is 0 Å². The van der Waals surface area contributed by atoms with Crippen LogP contribution in [0.1, 0.15) is 12.8 Å². The number of carboxylic acid groups (broad SMARTS) is 1. The second kappa shape index (κ2) is 9.42. The van der Waals surface area contributed by atoms with E-state index in [0.717, 1.165) is 0 Å². The molecule has 1 amide bonds. The van der Waals surface area contributed by atoms with Gasteiger partial charge < -0.3 is 20.2 Å². The van der Waals surface area contributed by atoms with Crippen molar-refractivity contribution in [2.75, 3.05) is 37.6 Å². The fraction of sp³-hybridized carbons (Fsp3) is 0.389. The second-order valence-electron chi connectivity index (χ2n) is 5.88. The number of carboxylic acids is 1. The van der Waals surface area contributed by atoms with Crippen molar-refractivity contribution < 1.29 is 19.1 Å². The van der Waals surface area contributed by atoms with E-state index in [-0.39, 0.29) is 24.4 Å². The molecule has 26 heavy (non-hydrogen) atoms. The number of aliphatic carboxylic acids is 1. The zero-order valence-electron chi connectivity index (χ0n) is 14.3. The van der Waals surface area contributed by atoms with Crippen LogP contribution in [0.15, 0.2) is 36.0 Å². The Kier molecular flexibility index (Phi) is 6.97. The molecule has 1 aliphatic heterocycles. The van der Waals surface area contributed by atoms with Gasteiger partial charge in [0, 0.05) is 45.3 Å². The molecule has 0 aliphatic carbocycles. The number of nitrogens with zero attached hydrogens (tertiary/aromatic N) is 3. The van der Waals surface area contributed by atoms with E-state index in [0.29, 0.717) is 38.3 Å². The molecule has 0 saturated carbocycles. The number of rotatable bonds is 7. The van der Waals surface area contributed by atoms with Crippen LogP contribution in [-0.2, 0) is 9.59 Å². The summed E-state index contributed by atoms with van der Waals surface area (Å²) in [6.07, 6.45) is 1.77. The Balaban J connectivity index is 1.87. The molecule has 0 unspecified atom stereocenters. The summed E-state index contributed by atoms with van der Waals surface area (Å²) in [5, 5.41) is 20.3. The van der Waals surface area contributed by atoms with Crippen LogP contribution in [0.4, 0.5) is 10.1 Å². The van der Waals surface area contributed by atoms with Crippen LogP contribution < -0.4 is 10.2 Å². The molecule has 0 aromatic heterocycles. The first-order chi connectivity index (χ1) is 12.5. The predicted octanol–water partition coefficient (Wildman–Crippen LogP) is 1.34. The molecular formula is C18H21FN4O3. The van der Waals surface area contributed by atoms with Crippen molar-refractivity contribution in [3.8, 4) is 6.07 Å². The van der Waals surface area contributed by atoms with Crippen molar-refractivity contribution in [3.63, 3.8) is 0 Å². The minimum absolute atomic E-state index is 0.0281. The zero-order chi connectivity index (χ0) is 18.9. The van der Waals surface area contributed by atoms with Gasteiger partial charge in [-0.1, -0.05) is 12.1 Å². The molecule has 1 fully saturated rings. The van der Waals surface area contributed by atoms with E-state index < -0.39 is 11.9 Å². The van der Waals surface area contributed by atoms with E-state index in [1.165, 1.54) is 12.3 Å². The van der Waals surface area contributed by atoms with Crippen LogP contribution in [-0.4, -0.2) is 54.6 Å². The van der Waals surface area contributed by atoms with Gasteiger partial charge >= 0.3 is 5.97 Å². The Hall–Kier alpha value is -3.08. The average molecular weight is 360 g/mol. The van der Waals surface area contributed by atoms with Crippen molar-refractivity contribution in [3.05, 3.63) is 41.9 Å². The number of carbonyl (C=O) groups is 2. The molecule has 1 heterocycles. The molecule has 0 atom stereocenters. The Labute approximate surface area is 151 Å². The van der Waals surface area contributed by atoms with Gasteiger partial charge in [0.2, 0.25) is 0 Å². The first-order valence-corrected chi connectivity index (χ1v) is 8.36. The summed E-state index contributed by atoms with van der Waals surface area (Å²) in [5.74, 6) is -1.72. The van der Waals surface area contributed by atoms with Gasteiger partial charge in [0.15, 0.2) is 0 Å². The number of anilines is 1.